The molecule has 0 aromatic heterocycles. The highest BCUT2D eigenvalue weighted by molar-refractivity contribution is 5.97. The Morgan fingerprint density at radius 1 is 1.12 bits per heavy atom. The van der Waals surface area contributed by atoms with E-state index in [-0.39, 0.29) is 24.5 Å². The molecule has 1 aromatic carbocycles. The van der Waals surface area contributed by atoms with Crippen LogP contribution in [0.5, 0.6) is 0 Å². The Balaban J connectivity index is 1.55. The lowest BCUT2D eigenvalue weighted by molar-refractivity contribution is -0.121. The summed E-state index contributed by atoms with van der Waals surface area (Å²) in [6, 6.07) is 8.22. The first-order chi connectivity index (χ1) is 12.1. The molecule has 25 heavy (non-hydrogen) atoms. The van der Waals surface area contributed by atoms with Gasteiger partial charge in [0.15, 0.2) is 5.78 Å². The van der Waals surface area contributed by atoms with Gasteiger partial charge in [-0.25, -0.2) is 0 Å². The lowest BCUT2D eigenvalue weighted by Crippen LogP contribution is -2.38. The summed E-state index contributed by atoms with van der Waals surface area (Å²) >= 11 is 0. The Bertz CT molecular complexity index is 554. The fourth-order valence-electron chi connectivity index (χ4n) is 3.36. The largest absolute Gasteiger partial charge is 0.356 e. The number of ketones is 1. The van der Waals surface area contributed by atoms with Crippen molar-refractivity contribution in [3.8, 4) is 0 Å². The average molecular weight is 344 g/mol. The number of aryl methyl sites for hydroxylation is 1. The van der Waals surface area contributed by atoms with Crippen molar-refractivity contribution in [1.29, 1.82) is 0 Å². The Kier molecular flexibility index (Phi) is 8.13. The topological polar surface area (TPSA) is 49.4 Å². The summed E-state index contributed by atoms with van der Waals surface area (Å²) in [5.41, 5.74) is 1.82. The van der Waals surface area contributed by atoms with Crippen LogP contribution in [0.25, 0.3) is 0 Å². The number of nitrogens with one attached hydrogen (secondary N) is 1. The highest BCUT2D eigenvalue weighted by Crippen LogP contribution is 2.16. The summed E-state index contributed by atoms with van der Waals surface area (Å²) < 4.78 is 0. The molecule has 0 bridgehead atoms. The number of likely N-dealkylation sites (tertiary alicyclic amines) is 1. The molecule has 1 saturated heterocycles. The molecule has 0 spiro atoms. The highest BCUT2D eigenvalue weighted by Gasteiger charge is 2.17. The second-order valence-electron chi connectivity index (χ2n) is 7.23. The number of benzene rings is 1. The molecule has 1 aromatic rings. The molecule has 4 nitrogen and oxygen atoms in total. The number of amides is 1. The van der Waals surface area contributed by atoms with Crippen molar-refractivity contribution in [3.05, 3.63) is 35.4 Å². The number of nitrogens with zero attached hydrogens (tertiary/aromatic N) is 1. The molecule has 1 N–H and O–H groups in total. The fourth-order valence-corrected chi connectivity index (χ4v) is 3.36. The summed E-state index contributed by atoms with van der Waals surface area (Å²) in [5.74, 6) is 0.0149. The lowest BCUT2D eigenvalue weighted by atomic mass is 10.0. The van der Waals surface area contributed by atoms with Gasteiger partial charge in [-0.1, -0.05) is 36.2 Å². The van der Waals surface area contributed by atoms with E-state index in [9.17, 15) is 9.59 Å². The number of piperidine rings is 1. The van der Waals surface area contributed by atoms with Crippen LogP contribution >= 0.6 is 0 Å². The molecule has 1 amide bonds. The Morgan fingerprint density at radius 3 is 2.60 bits per heavy atom. The zero-order chi connectivity index (χ0) is 18.1. The van der Waals surface area contributed by atoms with Crippen LogP contribution < -0.4 is 5.32 Å². The molecule has 2 rings (SSSR count). The molecular formula is C21H32N2O2. The average Bonchev–Trinajstić information content (AvgIpc) is 2.61. The van der Waals surface area contributed by atoms with Crippen molar-refractivity contribution >= 4 is 11.7 Å². The Morgan fingerprint density at radius 2 is 1.88 bits per heavy atom. The molecule has 0 saturated carbocycles. The first kappa shape index (κ1) is 19.6. The SMILES string of the molecule is Cc1ccc(C(=O)CCC(=O)NCCCCN2CCCCC2C)cc1. The first-order valence-electron chi connectivity index (χ1n) is 9.67. The predicted molar refractivity (Wildman–Crippen MR) is 102 cm³/mol. The van der Waals surface area contributed by atoms with E-state index in [1.54, 1.807) is 0 Å². The number of rotatable bonds is 9. The summed E-state index contributed by atoms with van der Waals surface area (Å²) in [5, 5.41) is 2.94. The van der Waals surface area contributed by atoms with Crippen LogP contribution in [0.2, 0.25) is 0 Å². The van der Waals surface area contributed by atoms with Crippen molar-refractivity contribution in [1.82, 2.24) is 10.2 Å². The number of carbonyl (C=O) groups is 2. The zero-order valence-corrected chi connectivity index (χ0v) is 15.7. The van der Waals surface area contributed by atoms with Gasteiger partial charge in [0, 0.05) is 31.0 Å². The van der Waals surface area contributed by atoms with Gasteiger partial charge in [0.25, 0.3) is 0 Å². The van der Waals surface area contributed by atoms with E-state index in [1.807, 2.05) is 31.2 Å². The Hall–Kier alpha value is -1.68. The van der Waals surface area contributed by atoms with Gasteiger partial charge in [0.05, 0.1) is 0 Å². The zero-order valence-electron chi connectivity index (χ0n) is 15.7. The maximum atomic E-state index is 12.1. The predicted octanol–water partition coefficient (Wildman–Crippen LogP) is 3.73. The number of unbranched alkanes of at least 4 members (excludes halogenated alkanes) is 1. The number of Topliss-reactive ketones (excluding diaryl/α,β-unsaturated/α-hetero) is 1. The van der Waals surface area contributed by atoms with Gasteiger partial charge in [-0.2, -0.15) is 0 Å². The van der Waals surface area contributed by atoms with E-state index >= 15 is 0 Å². The minimum absolute atomic E-state index is 0.0215. The lowest BCUT2D eigenvalue weighted by Gasteiger charge is -2.33. The van der Waals surface area contributed by atoms with Crippen molar-refractivity contribution in [2.24, 2.45) is 0 Å². The number of hydrogen-bond acceptors (Lipinski definition) is 3. The molecule has 1 atom stereocenters. The molecule has 0 radical (unpaired) electrons. The van der Waals surface area contributed by atoms with Gasteiger partial charge in [0.1, 0.15) is 0 Å². The van der Waals surface area contributed by atoms with Gasteiger partial charge in [0.2, 0.25) is 5.91 Å². The molecule has 1 heterocycles. The van der Waals surface area contributed by atoms with Gasteiger partial charge < -0.3 is 10.2 Å². The van der Waals surface area contributed by atoms with E-state index in [4.69, 9.17) is 0 Å². The normalized spacial score (nSPS) is 18.1. The Labute approximate surface area is 152 Å². The maximum Gasteiger partial charge on any atom is 0.220 e. The van der Waals surface area contributed by atoms with Crippen LogP contribution in [-0.2, 0) is 4.79 Å². The second-order valence-corrected chi connectivity index (χ2v) is 7.23. The molecule has 1 aliphatic rings. The third-order valence-electron chi connectivity index (χ3n) is 5.09. The molecule has 1 fully saturated rings. The molecule has 4 heteroatoms. The van der Waals surface area contributed by atoms with Crippen molar-refractivity contribution in [2.75, 3.05) is 19.6 Å². The van der Waals surface area contributed by atoms with Gasteiger partial charge in [-0.05, 0) is 52.6 Å². The van der Waals surface area contributed by atoms with Crippen molar-refractivity contribution in [3.63, 3.8) is 0 Å². The summed E-state index contributed by atoms with van der Waals surface area (Å²) in [4.78, 5) is 26.5. The summed E-state index contributed by atoms with van der Waals surface area (Å²) in [6.45, 7) is 7.36. The van der Waals surface area contributed by atoms with E-state index in [0.29, 0.717) is 18.2 Å². The molecule has 138 valence electrons. The second kappa shape index (κ2) is 10.3. The van der Waals surface area contributed by atoms with Crippen LogP contribution in [0.3, 0.4) is 0 Å². The van der Waals surface area contributed by atoms with Crippen LogP contribution in [0.1, 0.15) is 67.8 Å². The number of carbonyl (C=O) groups excluding carboxylic acids is 2. The van der Waals surface area contributed by atoms with Crippen LogP contribution in [0, 0.1) is 6.92 Å². The van der Waals surface area contributed by atoms with Crippen LogP contribution in [-0.4, -0.2) is 42.3 Å². The quantitative estimate of drug-likeness (QED) is 0.548. The smallest absolute Gasteiger partial charge is 0.220 e. The van der Waals surface area contributed by atoms with Gasteiger partial charge in [-0.3, -0.25) is 9.59 Å². The third-order valence-corrected chi connectivity index (χ3v) is 5.09. The third kappa shape index (κ3) is 6.99. The minimum Gasteiger partial charge on any atom is -0.356 e. The van der Waals surface area contributed by atoms with E-state index in [1.165, 1.54) is 25.8 Å². The fraction of sp³-hybridized carbons (Fsp3) is 0.619. The summed E-state index contributed by atoms with van der Waals surface area (Å²) in [6.07, 6.45) is 6.65. The highest BCUT2D eigenvalue weighted by atomic mass is 16.2. The van der Waals surface area contributed by atoms with Gasteiger partial charge >= 0.3 is 0 Å². The number of hydrogen-bond donors (Lipinski definition) is 1. The molecule has 0 aliphatic carbocycles. The van der Waals surface area contributed by atoms with E-state index < -0.39 is 0 Å². The van der Waals surface area contributed by atoms with Crippen molar-refractivity contribution in [2.45, 2.75) is 64.8 Å². The minimum atomic E-state index is -0.0215. The van der Waals surface area contributed by atoms with Crippen molar-refractivity contribution < 1.29 is 9.59 Å². The monoisotopic (exact) mass is 344 g/mol. The standard InChI is InChI=1S/C21H32N2O2/c1-17-8-10-19(11-9-17)20(24)12-13-21(25)22-14-4-6-16-23-15-5-3-7-18(23)2/h8-11,18H,3-7,12-16H2,1-2H3,(H,22,25). The molecule has 1 aliphatic heterocycles. The first-order valence-corrected chi connectivity index (χ1v) is 9.67. The maximum absolute atomic E-state index is 12.1. The molecular weight excluding hydrogens is 312 g/mol. The molecule has 1 unspecified atom stereocenters. The van der Waals surface area contributed by atoms with E-state index in [2.05, 4.69) is 17.1 Å². The summed E-state index contributed by atoms with van der Waals surface area (Å²) in [7, 11) is 0. The van der Waals surface area contributed by atoms with Crippen LogP contribution in [0.15, 0.2) is 24.3 Å². The van der Waals surface area contributed by atoms with E-state index in [0.717, 1.165) is 24.9 Å². The van der Waals surface area contributed by atoms with Crippen LogP contribution in [0.4, 0.5) is 0 Å². The van der Waals surface area contributed by atoms with Gasteiger partial charge in [-0.15, -0.1) is 0 Å².